The first-order chi connectivity index (χ1) is 13.1. The van der Waals surface area contributed by atoms with E-state index in [9.17, 15) is 9.59 Å². The maximum Gasteiger partial charge on any atom is 0.228 e. The average Bonchev–Trinajstić information content (AvgIpc) is 2.67. The highest BCUT2D eigenvalue weighted by Gasteiger charge is 2.34. The molecule has 0 saturated heterocycles. The van der Waals surface area contributed by atoms with Crippen LogP contribution in [0.2, 0.25) is 0 Å². The highest BCUT2D eigenvalue weighted by Crippen LogP contribution is 2.28. The Labute approximate surface area is 163 Å². The number of rotatable bonds is 15. The van der Waals surface area contributed by atoms with E-state index in [2.05, 4.69) is 0 Å². The molecule has 1 N–H and O–H groups in total. The molecule has 1 aliphatic carbocycles. The molecular formula is C22H36O5. The van der Waals surface area contributed by atoms with Gasteiger partial charge in [-0.05, 0) is 26.2 Å². The Hall–Kier alpha value is -1.62. The van der Waals surface area contributed by atoms with E-state index in [0.29, 0.717) is 24.2 Å². The molecule has 0 saturated carbocycles. The van der Waals surface area contributed by atoms with Crippen LogP contribution in [-0.4, -0.2) is 37.5 Å². The zero-order valence-electron chi connectivity index (χ0n) is 17.3. The number of aliphatic hydroxyl groups excluding tert-OH is 1. The SMILES string of the molecule is COC1=C(OC)C(=O)C(CCCCCCCCCCCCCO)=C(C)C1=O. The van der Waals surface area contributed by atoms with Crippen molar-refractivity contribution in [2.45, 2.75) is 84.0 Å². The quantitative estimate of drug-likeness (QED) is 0.331. The third-order valence-electron chi connectivity index (χ3n) is 5.18. The monoisotopic (exact) mass is 380 g/mol. The van der Waals surface area contributed by atoms with Crippen LogP contribution in [0, 0.1) is 0 Å². The number of unbranched alkanes of at least 4 members (excludes halogenated alkanes) is 10. The highest BCUT2D eigenvalue weighted by molar-refractivity contribution is 6.23. The van der Waals surface area contributed by atoms with Gasteiger partial charge in [-0.2, -0.15) is 0 Å². The van der Waals surface area contributed by atoms with Crippen molar-refractivity contribution < 1.29 is 24.2 Å². The lowest BCUT2D eigenvalue weighted by Gasteiger charge is -2.20. The summed E-state index contributed by atoms with van der Waals surface area (Å²) in [5.74, 6) is -0.419. The highest BCUT2D eigenvalue weighted by atomic mass is 16.5. The number of Topliss-reactive ketones (excluding diaryl/α,β-unsaturated/α-hetero) is 2. The smallest absolute Gasteiger partial charge is 0.228 e. The largest absolute Gasteiger partial charge is 0.489 e. The van der Waals surface area contributed by atoms with Gasteiger partial charge >= 0.3 is 0 Å². The van der Waals surface area contributed by atoms with Gasteiger partial charge in [0.1, 0.15) is 0 Å². The molecule has 5 heteroatoms. The first-order valence-corrected chi connectivity index (χ1v) is 10.3. The summed E-state index contributed by atoms with van der Waals surface area (Å²) in [6, 6.07) is 0. The average molecular weight is 381 g/mol. The van der Waals surface area contributed by atoms with Crippen molar-refractivity contribution in [1.29, 1.82) is 0 Å². The molecule has 0 aromatic rings. The molecule has 27 heavy (non-hydrogen) atoms. The van der Waals surface area contributed by atoms with Gasteiger partial charge in [0.05, 0.1) is 14.2 Å². The molecule has 0 fully saturated rings. The van der Waals surface area contributed by atoms with Crippen LogP contribution in [0.5, 0.6) is 0 Å². The molecule has 0 heterocycles. The number of hydrogen-bond acceptors (Lipinski definition) is 5. The van der Waals surface area contributed by atoms with E-state index < -0.39 is 0 Å². The normalized spacial score (nSPS) is 15.0. The zero-order chi connectivity index (χ0) is 20.1. The van der Waals surface area contributed by atoms with Crippen molar-refractivity contribution in [3.05, 3.63) is 22.7 Å². The summed E-state index contributed by atoms with van der Waals surface area (Å²) < 4.78 is 10.2. The van der Waals surface area contributed by atoms with E-state index in [-0.39, 0.29) is 23.1 Å². The first kappa shape index (κ1) is 23.4. The van der Waals surface area contributed by atoms with Gasteiger partial charge in [-0.25, -0.2) is 0 Å². The Morgan fingerprint density at radius 3 is 1.52 bits per heavy atom. The maximum absolute atomic E-state index is 12.5. The van der Waals surface area contributed by atoms with Crippen molar-refractivity contribution in [1.82, 2.24) is 0 Å². The summed E-state index contributed by atoms with van der Waals surface area (Å²) in [5, 5.41) is 8.73. The molecule has 0 aromatic heterocycles. The summed E-state index contributed by atoms with van der Waals surface area (Å²) in [6.45, 7) is 2.01. The first-order valence-electron chi connectivity index (χ1n) is 10.3. The molecule has 0 amide bonds. The van der Waals surface area contributed by atoms with E-state index >= 15 is 0 Å². The second-order valence-corrected chi connectivity index (χ2v) is 7.19. The predicted octanol–water partition coefficient (Wildman–Crippen LogP) is 4.63. The van der Waals surface area contributed by atoms with Gasteiger partial charge in [-0.3, -0.25) is 9.59 Å². The van der Waals surface area contributed by atoms with Gasteiger partial charge in [-0.15, -0.1) is 0 Å². The standard InChI is InChI=1S/C22H36O5/c1-17-18(20(25)22(27-3)21(26-2)19(17)24)15-13-11-9-7-5-4-6-8-10-12-14-16-23/h23H,4-16H2,1-3H3. The molecule has 0 bridgehead atoms. The molecule has 0 aromatic carbocycles. The van der Waals surface area contributed by atoms with Crippen molar-refractivity contribution in [2.75, 3.05) is 20.8 Å². The lowest BCUT2D eigenvalue weighted by Crippen LogP contribution is -2.25. The molecule has 0 aliphatic heterocycles. The Kier molecular flexibility index (Phi) is 11.7. The fourth-order valence-corrected chi connectivity index (χ4v) is 3.50. The second kappa shape index (κ2) is 13.5. The number of carbonyl (C=O) groups excluding carboxylic acids is 2. The van der Waals surface area contributed by atoms with E-state index in [1.807, 2.05) is 0 Å². The Morgan fingerprint density at radius 2 is 1.07 bits per heavy atom. The summed E-state index contributed by atoms with van der Waals surface area (Å²) in [7, 11) is 2.78. The molecule has 1 aliphatic rings. The predicted molar refractivity (Wildman–Crippen MR) is 106 cm³/mol. The second-order valence-electron chi connectivity index (χ2n) is 7.19. The fourth-order valence-electron chi connectivity index (χ4n) is 3.50. The Balaban J connectivity index is 2.22. The molecule has 0 spiro atoms. The van der Waals surface area contributed by atoms with Crippen molar-refractivity contribution >= 4 is 11.6 Å². The topological polar surface area (TPSA) is 72.8 Å². The number of carbonyl (C=O) groups is 2. The number of hydrogen-bond donors (Lipinski definition) is 1. The summed E-state index contributed by atoms with van der Waals surface area (Å²) >= 11 is 0. The number of allylic oxidation sites excluding steroid dienone is 2. The Bertz CT molecular complexity index is 545. The van der Waals surface area contributed by atoms with E-state index in [4.69, 9.17) is 14.6 Å². The molecule has 5 nitrogen and oxygen atoms in total. The summed E-state index contributed by atoms with van der Waals surface area (Å²) in [5.41, 5.74) is 1.05. The maximum atomic E-state index is 12.5. The van der Waals surface area contributed by atoms with Crippen LogP contribution >= 0.6 is 0 Å². The van der Waals surface area contributed by atoms with E-state index in [0.717, 1.165) is 32.1 Å². The van der Waals surface area contributed by atoms with Crippen LogP contribution in [0.1, 0.15) is 84.0 Å². The third-order valence-corrected chi connectivity index (χ3v) is 5.18. The van der Waals surface area contributed by atoms with Crippen LogP contribution in [0.25, 0.3) is 0 Å². The summed E-state index contributed by atoms with van der Waals surface area (Å²) in [4.78, 5) is 24.8. The Morgan fingerprint density at radius 1 is 0.667 bits per heavy atom. The minimum absolute atomic E-state index is 0.0140. The van der Waals surface area contributed by atoms with Gasteiger partial charge in [-0.1, -0.05) is 57.8 Å². The van der Waals surface area contributed by atoms with E-state index in [1.165, 1.54) is 52.7 Å². The van der Waals surface area contributed by atoms with Crippen molar-refractivity contribution in [3.8, 4) is 0 Å². The number of ether oxygens (including phenoxy) is 2. The molecule has 0 unspecified atom stereocenters. The van der Waals surface area contributed by atoms with Crippen LogP contribution in [0.15, 0.2) is 22.7 Å². The van der Waals surface area contributed by atoms with Gasteiger partial charge < -0.3 is 14.6 Å². The van der Waals surface area contributed by atoms with Gasteiger partial charge in [0, 0.05) is 17.8 Å². The van der Waals surface area contributed by atoms with Crippen molar-refractivity contribution in [2.24, 2.45) is 0 Å². The number of methoxy groups -OCH3 is 2. The molecule has 0 atom stereocenters. The van der Waals surface area contributed by atoms with Gasteiger partial charge in [0.2, 0.25) is 23.1 Å². The lowest BCUT2D eigenvalue weighted by molar-refractivity contribution is -0.121. The van der Waals surface area contributed by atoms with Gasteiger partial charge in [0.15, 0.2) is 0 Å². The summed E-state index contributed by atoms with van der Waals surface area (Å²) in [6.07, 6.45) is 13.3. The lowest BCUT2D eigenvalue weighted by atomic mass is 9.89. The van der Waals surface area contributed by atoms with Crippen LogP contribution in [-0.2, 0) is 19.1 Å². The van der Waals surface area contributed by atoms with E-state index in [1.54, 1.807) is 6.92 Å². The van der Waals surface area contributed by atoms with Crippen molar-refractivity contribution in [3.63, 3.8) is 0 Å². The van der Waals surface area contributed by atoms with Crippen LogP contribution in [0.3, 0.4) is 0 Å². The van der Waals surface area contributed by atoms with Crippen LogP contribution < -0.4 is 0 Å². The number of ketones is 2. The van der Waals surface area contributed by atoms with Crippen LogP contribution in [0.4, 0.5) is 0 Å². The zero-order valence-corrected chi connectivity index (χ0v) is 17.3. The fraction of sp³-hybridized carbons (Fsp3) is 0.727. The molecule has 154 valence electrons. The number of aliphatic hydroxyl groups is 1. The molecule has 1 rings (SSSR count). The third kappa shape index (κ3) is 7.49. The molecular weight excluding hydrogens is 344 g/mol. The van der Waals surface area contributed by atoms with Gasteiger partial charge in [0.25, 0.3) is 0 Å². The molecule has 0 radical (unpaired) electrons. The minimum Gasteiger partial charge on any atom is -0.489 e. The minimum atomic E-state index is -0.247.